The summed E-state index contributed by atoms with van der Waals surface area (Å²) < 4.78 is 25.4. The lowest BCUT2D eigenvalue weighted by molar-refractivity contribution is 0.100. The number of hydrogen-bond donors (Lipinski definition) is 2. The molecule has 3 aromatic rings. The Bertz CT molecular complexity index is 1180. The third kappa shape index (κ3) is 3.47. The molecule has 0 bridgehead atoms. The predicted molar refractivity (Wildman–Crippen MR) is 108 cm³/mol. The number of rotatable bonds is 6. The summed E-state index contributed by atoms with van der Waals surface area (Å²) in [6.45, 7) is 2.10. The molecule has 3 N–H and O–H groups in total. The predicted octanol–water partition coefficient (Wildman–Crippen LogP) is 2.71. The van der Waals surface area contributed by atoms with Gasteiger partial charge in [0.25, 0.3) is 5.91 Å². The molecule has 28 heavy (non-hydrogen) atoms. The first kappa shape index (κ1) is 18.5. The number of sulfone groups is 1. The number of carbonyl (C=O) groups excluding carboxylic acids is 1. The smallest absolute Gasteiger partial charge is 0.252 e. The van der Waals surface area contributed by atoms with Crippen molar-refractivity contribution >= 4 is 26.9 Å². The first-order chi connectivity index (χ1) is 13.2. The monoisotopic (exact) mass is 398 g/mol. The van der Waals surface area contributed by atoms with E-state index in [1.165, 1.54) is 25.3 Å². The van der Waals surface area contributed by atoms with Crippen LogP contribution in [0.25, 0.3) is 16.6 Å². The fraction of sp³-hybridized carbons (Fsp3) is 0.300. The summed E-state index contributed by atoms with van der Waals surface area (Å²) in [5, 5.41) is 7.75. The number of nitrogens with two attached hydrogens (primary N) is 1. The Morgan fingerprint density at radius 2 is 2.04 bits per heavy atom. The maximum absolute atomic E-state index is 11.9. The van der Waals surface area contributed by atoms with Crippen LogP contribution in [0.5, 0.6) is 0 Å². The molecule has 146 valence electrons. The summed E-state index contributed by atoms with van der Waals surface area (Å²) in [6.07, 6.45) is 6.81. The molecule has 0 aliphatic heterocycles. The number of anilines is 1. The first-order valence-electron chi connectivity index (χ1n) is 9.12. The molecule has 8 heteroatoms. The summed E-state index contributed by atoms with van der Waals surface area (Å²) in [5.74, 6) is 0.0529. The van der Waals surface area contributed by atoms with Crippen LogP contribution in [0.4, 0.5) is 5.69 Å². The van der Waals surface area contributed by atoms with Gasteiger partial charge in [0.2, 0.25) is 0 Å². The Labute approximate surface area is 163 Å². The van der Waals surface area contributed by atoms with Crippen molar-refractivity contribution in [2.45, 2.75) is 30.7 Å². The van der Waals surface area contributed by atoms with Gasteiger partial charge in [-0.1, -0.05) is 12.1 Å². The zero-order chi connectivity index (χ0) is 20.1. The molecule has 1 unspecified atom stereocenters. The lowest BCUT2D eigenvalue weighted by atomic mass is 10.1. The van der Waals surface area contributed by atoms with Crippen LogP contribution >= 0.6 is 0 Å². The van der Waals surface area contributed by atoms with Crippen molar-refractivity contribution in [1.29, 1.82) is 0 Å². The van der Waals surface area contributed by atoms with E-state index >= 15 is 0 Å². The lowest BCUT2D eigenvalue weighted by Gasteiger charge is -2.17. The van der Waals surface area contributed by atoms with E-state index in [2.05, 4.69) is 17.3 Å². The van der Waals surface area contributed by atoms with E-state index in [1.54, 1.807) is 22.7 Å². The molecule has 1 fully saturated rings. The third-order valence-electron chi connectivity index (χ3n) is 5.20. The lowest BCUT2D eigenvalue weighted by Crippen LogP contribution is -2.22. The van der Waals surface area contributed by atoms with Crippen LogP contribution in [0.2, 0.25) is 0 Å². The normalized spacial score (nSPS) is 15.5. The minimum absolute atomic E-state index is 0.219. The number of nitrogens with zero attached hydrogens (tertiary/aromatic N) is 2. The Balaban J connectivity index is 1.83. The maximum Gasteiger partial charge on any atom is 0.252 e. The minimum atomic E-state index is -3.30. The molecular formula is C20H22N4O3S. The van der Waals surface area contributed by atoms with Crippen LogP contribution in [0.1, 0.15) is 30.1 Å². The summed E-state index contributed by atoms with van der Waals surface area (Å²) in [7, 11) is -3.30. The average Bonchev–Trinajstić information content (AvgIpc) is 3.40. The second-order valence-electron chi connectivity index (χ2n) is 7.43. The van der Waals surface area contributed by atoms with E-state index in [9.17, 15) is 13.2 Å². The van der Waals surface area contributed by atoms with Crippen molar-refractivity contribution < 1.29 is 13.2 Å². The summed E-state index contributed by atoms with van der Waals surface area (Å²) in [4.78, 5) is 12.2. The van der Waals surface area contributed by atoms with Crippen LogP contribution < -0.4 is 11.1 Å². The molecule has 1 aliphatic rings. The molecule has 1 saturated carbocycles. The zero-order valence-corrected chi connectivity index (χ0v) is 16.5. The molecule has 7 nitrogen and oxygen atoms in total. The van der Waals surface area contributed by atoms with Crippen LogP contribution in [0, 0.1) is 5.92 Å². The second-order valence-corrected chi connectivity index (χ2v) is 9.44. The van der Waals surface area contributed by atoms with E-state index in [0.717, 1.165) is 16.6 Å². The summed E-state index contributed by atoms with van der Waals surface area (Å²) in [6, 6.07) is 8.88. The number of benzene rings is 1. The number of primary amides is 1. The maximum atomic E-state index is 11.9. The highest BCUT2D eigenvalue weighted by atomic mass is 32.2. The highest BCUT2D eigenvalue weighted by Gasteiger charge is 2.29. The molecule has 1 amide bonds. The fourth-order valence-corrected chi connectivity index (χ4v) is 4.07. The number of hydrogen-bond acceptors (Lipinski definition) is 5. The Morgan fingerprint density at radius 1 is 1.29 bits per heavy atom. The van der Waals surface area contributed by atoms with Crippen molar-refractivity contribution in [3.8, 4) is 11.1 Å². The quantitative estimate of drug-likeness (QED) is 0.664. The number of nitrogens with one attached hydrogen (secondary N) is 1. The van der Waals surface area contributed by atoms with E-state index < -0.39 is 15.7 Å². The van der Waals surface area contributed by atoms with Crippen LogP contribution in [-0.2, 0) is 9.84 Å². The van der Waals surface area contributed by atoms with Crippen molar-refractivity contribution in [3.05, 3.63) is 48.3 Å². The second kappa shape index (κ2) is 6.63. The molecule has 0 radical (unpaired) electrons. The molecule has 2 heterocycles. The van der Waals surface area contributed by atoms with E-state index in [4.69, 9.17) is 5.73 Å². The molecular weight excluding hydrogens is 376 g/mol. The molecule has 4 rings (SSSR count). The highest BCUT2D eigenvalue weighted by molar-refractivity contribution is 7.90. The van der Waals surface area contributed by atoms with Gasteiger partial charge in [0, 0.05) is 24.1 Å². The van der Waals surface area contributed by atoms with Gasteiger partial charge in [-0.05, 0) is 49.4 Å². The van der Waals surface area contributed by atoms with Crippen molar-refractivity contribution in [2.75, 3.05) is 11.6 Å². The van der Waals surface area contributed by atoms with E-state index in [-0.39, 0.29) is 10.9 Å². The van der Waals surface area contributed by atoms with Gasteiger partial charge < -0.3 is 11.1 Å². The average molecular weight is 398 g/mol. The van der Waals surface area contributed by atoms with Crippen LogP contribution in [-0.4, -0.2) is 36.2 Å². The van der Waals surface area contributed by atoms with Crippen molar-refractivity contribution in [2.24, 2.45) is 11.7 Å². The van der Waals surface area contributed by atoms with Gasteiger partial charge in [-0.3, -0.25) is 4.79 Å². The zero-order valence-electron chi connectivity index (χ0n) is 15.7. The van der Waals surface area contributed by atoms with Gasteiger partial charge in [-0.25, -0.2) is 12.9 Å². The topological polar surface area (TPSA) is 107 Å². The molecule has 2 aromatic heterocycles. The minimum Gasteiger partial charge on any atom is -0.380 e. The van der Waals surface area contributed by atoms with Gasteiger partial charge in [-0.2, -0.15) is 5.10 Å². The summed E-state index contributed by atoms with van der Waals surface area (Å²) in [5.41, 5.74) is 8.86. The van der Waals surface area contributed by atoms with Gasteiger partial charge in [0.1, 0.15) is 0 Å². The number of carbonyl (C=O) groups is 1. The molecule has 1 aromatic carbocycles. The van der Waals surface area contributed by atoms with Crippen molar-refractivity contribution in [3.63, 3.8) is 0 Å². The molecule has 1 aliphatic carbocycles. The molecule has 1 atom stereocenters. The van der Waals surface area contributed by atoms with Gasteiger partial charge in [0.05, 0.1) is 27.9 Å². The third-order valence-corrected chi connectivity index (χ3v) is 6.31. The Morgan fingerprint density at radius 3 is 2.68 bits per heavy atom. The largest absolute Gasteiger partial charge is 0.380 e. The Hall–Kier alpha value is -2.87. The Kier molecular flexibility index (Phi) is 4.38. The van der Waals surface area contributed by atoms with Gasteiger partial charge in [-0.15, -0.1) is 0 Å². The van der Waals surface area contributed by atoms with E-state index in [0.29, 0.717) is 17.2 Å². The van der Waals surface area contributed by atoms with Crippen molar-refractivity contribution in [1.82, 2.24) is 9.61 Å². The number of fused-ring (bicyclic) bond motifs is 1. The van der Waals surface area contributed by atoms with Crippen LogP contribution in [0.15, 0.2) is 47.6 Å². The SMILES string of the molecule is CC(Nc1c(C(N)=O)cnn2cc(-c3cccc(S(C)(=O)=O)c3)cc12)C1CC1. The van der Waals surface area contributed by atoms with Crippen LogP contribution in [0.3, 0.4) is 0 Å². The van der Waals surface area contributed by atoms with Gasteiger partial charge >= 0.3 is 0 Å². The first-order valence-corrected chi connectivity index (χ1v) is 11.0. The molecule has 0 saturated heterocycles. The summed E-state index contributed by atoms with van der Waals surface area (Å²) >= 11 is 0. The van der Waals surface area contributed by atoms with Gasteiger partial charge in [0.15, 0.2) is 9.84 Å². The van der Waals surface area contributed by atoms with E-state index in [1.807, 2.05) is 18.3 Å². The molecule has 0 spiro atoms. The standard InChI is InChI=1S/C20H22N4O3S/c1-12(13-6-7-13)23-19-17(20(21)25)10-22-24-11-15(9-18(19)24)14-4-3-5-16(8-14)28(2,26)27/h3-5,8-13,23H,6-7H2,1-2H3,(H2,21,25). The number of amides is 1. The fourth-order valence-electron chi connectivity index (χ4n) is 3.40. The highest BCUT2D eigenvalue weighted by Crippen LogP contribution is 2.36. The number of aromatic nitrogens is 2.